The molecule has 2 aromatic rings. The molecule has 22 heavy (non-hydrogen) atoms. The van der Waals surface area contributed by atoms with Gasteiger partial charge in [0.2, 0.25) is 11.8 Å². The fraction of sp³-hybridized carbons (Fsp3) is 0.500. The van der Waals surface area contributed by atoms with Gasteiger partial charge in [-0.2, -0.15) is 0 Å². The first-order valence-corrected chi connectivity index (χ1v) is 8.60. The molecule has 120 valence electrons. The smallest absolute Gasteiger partial charge is 0.229 e. The minimum absolute atomic E-state index is 0.202. The zero-order chi connectivity index (χ0) is 16.3. The molecule has 6 heteroatoms. The standard InChI is InChI=1S/C16H22N2O3S/c1-11-6-7-13(20-5)12(8-11)9-22(19)10-14-17-18-15(21-14)16(2,3)4/h6-8H,9-10H2,1-5H3/t22-/m0/s1. The Morgan fingerprint density at radius 2 is 1.95 bits per heavy atom. The molecular weight excluding hydrogens is 300 g/mol. The average Bonchev–Trinajstić information content (AvgIpc) is 2.87. The quantitative estimate of drug-likeness (QED) is 0.846. The van der Waals surface area contributed by atoms with E-state index in [1.54, 1.807) is 7.11 Å². The van der Waals surface area contributed by atoms with Gasteiger partial charge in [-0.25, -0.2) is 0 Å². The molecule has 0 amide bonds. The van der Waals surface area contributed by atoms with Crippen LogP contribution in [0.2, 0.25) is 0 Å². The molecule has 0 saturated carbocycles. The summed E-state index contributed by atoms with van der Waals surface area (Å²) in [7, 11) is 0.484. The van der Waals surface area contributed by atoms with Crippen LogP contribution in [0.15, 0.2) is 22.6 Å². The summed E-state index contributed by atoms with van der Waals surface area (Å²) in [6, 6.07) is 5.86. The lowest BCUT2D eigenvalue weighted by Crippen LogP contribution is -2.11. The van der Waals surface area contributed by atoms with Gasteiger partial charge in [-0.05, 0) is 13.0 Å². The lowest BCUT2D eigenvalue weighted by Gasteiger charge is -2.11. The number of nitrogens with zero attached hydrogens (tertiary/aromatic N) is 2. The van der Waals surface area contributed by atoms with Crippen LogP contribution in [0.3, 0.4) is 0 Å². The van der Waals surface area contributed by atoms with Gasteiger partial charge in [0.25, 0.3) is 0 Å². The lowest BCUT2D eigenvalue weighted by molar-refractivity contribution is 0.378. The van der Waals surface area contributed by atoms with Crippen molar-refractivity contribution in [3.63, 3.8) is 0 Å². The molecule has 1 atom stereocenters. The summed E-state index contributed by atoms with van der Waals surface area (Å²) in [4.78, 5) is 0. The maximum absolute atomic E-state index is 12.3. The number of aryl methyl sites for hydroxylation is 1. The predicted molar refractivity (Wildman–Crippen MR) is 86.3 cm³/mol. The van der Waals surface area contributed by atoms with Crippen molar-refractivity contribution in [1.82, 2.24) is 10.2 Å². The van der Waals surface area contributed by atoms with Crippen LogP contribution in [0.5, 0.6) is 5.75 Å². The Bertz CT molecular complexity index is 674. The molecule has 0 saturated heterocycles. The molecule has 0 aliphatic heterocycles. The van der Waals surface area contributed by atoms with E-state index in [0.717, 1.165) is 16.9 Å². The first-order valence-electron chi connectivity index (χ1n) is 7.11. The zero-order valence-electron chi connectivity index (χ0n) is 13.7. The van der Waals surface area contributed by atoms with E-state index < -0.39 is 10.8 Å². The summed E-state index contributed by atoms with van der Waals surface area (Å²) in [6.07, 6.45) is 0. The Balaban J connectivity index is 2.07. The first kappa shape index (κ1) is 16.7. The van der Waals surface area contributed by atoms with E-state index in [-0.39, 0.29) is 11.2 Å². The largest absolute Gasteiger partial charge is 0.496 e. The summed E-state index contributed by atoms with van der Waals surface area (Å²) < 4.78 is 23.3. The van der Waals surface area contributed by atoms with Gasteiger partial charge in [-0.1, -0.05) is 38.5 Å². The number of hydrogen-bond donors (Lipinski definition) is 0. The summed E-state index contributed by atoms with van der Waals surface area (Å²) in [5.74, 6) is 2.38. The monoisotopic (exact) mass is 322 g/mol. The van der Waals surface area contributed by atoms with Gasteiger partial charge in [-0.3, -0.25) is 4.21 Å². The minimum atomic E-state index is -1.13. The Kier molecular flexibility index (Phi) is 5.01. The van der Waals surface area contributed by atoms with E-state index in [9.17, 15) is 4.21 Å². The molecule has 0 aliphatic rings. The van der Waals surface area contributed by atoms with E-state index in [1.807, 2.05) is 45.9 Å². The van der Waals surface area contributed by atoms with E-state index in [2.05, 4.69) is 10.2 Å². The summed E-state index contributed by atoms with van der Waals surface area (Å²) in [5.41, 5.74) is 1.84. The van der Waals surface area contributed by atoms with Crippen LogP contribution in [0.4, 0.5) is 0 Å². The maximum atomic E-state index is 12.3. The second-order valence-corrected chi connectivity index (χ2v) is 7.75. The first-order chi connectivity index (χ1) is 10.3. The molecule has 0 fully saturated rings. The third-order valence-electron chi connectivity index (χ3n) is 3.15. The lowest BCUT2D eigenvalue weighted by atomic mass is 9.97. The minimum Gasteiger partial charge on any atom is -0.496 e. The van der Waals surface area contributed by atoms with Gasteiger partial charge in [-0.15, -0.1) is 10.2 Å². The zero-order valence-corrected chi connectivity index (χ0v) is 14.5. The summed E-state index contributed by atoms with van der Waals surface area (Å²) in [6.45, 7) is 8.00. The number of hydrogen-bond acceptors (Lipinski definition) is 5. The van der Waals surface area contributed by atoms with Crippen LogP contribution < -0.4 is 4.74 Å². The van der Waals surface area contributed by atoms with Gasteiger partial charge in [0.1, 0.15) is 11.5 Å². The molecule has 0 bridgehead atoms. The van der Waals surface area contributed by atoms with E-state index in [0.29, 0.717) is 17.5 Å². The van der Waals surface area contributed by atoms with Gasteiger partial charge in [0.15, 0.2) is 0 Å². The molecule has 0 aliphatic carbocycles. The summed E-state index contributed by atoms with van der Waals surface area (Å²) in [5, 5.41) is 8.00. The SMILES string of the molecule is COc1ccc(C)cc1C[S@](=O)Cc1nnc(C(C)(C)C)o1. The average molecular weight is 322 g/mol. The highest BCUT2D eigenvalue weighted by atomic mass is 32.2. The van der Waals surface area contributed by atoms with Crippen molar-refractivity contribution < 1.29 is 13.4 Å². The Labute approximate surface area is 133 Å². The van der Waals surface area contributed by atoms with Crippen LogP contribution in [-0.4, -0.2) is 21.5 Å². The van der Waals surface area contributed by atoms with Crippen LogP contribution in [0, 0.1) is 6.92 Å². The number of aromatic nitrogens is 2. The Hall–Kier alpha value is -1.69. The molecule has 1 aromatic carbocycles. The van der Waals surface area contributed by atoms with Crippen LogP contribution in [0.1, 0.15) is 43.7 Å². The van der Waals surface area contributed by atoms with E-state index in [1.165, 1.54) is 0 Å². The van der Waals surface area contributed by atoms with Crippen LogP contribution in [0.25, 0.3) is 0 Å². The molecule has 0 spiro atoms. The maximum Gasteiger partial charge on any atom is 0.229 e. The molecule has 5 nitrogen and oxygen atoms in total. The molecular formula is C16H22N2O3S. The van der Waals surface area contributed by atoms with Gasteiger partial charge in [0.05, 0.1) is 12.9 Å². The van der Waals surface area contributed by atoms with Crippen molar-refractivity contribution in [3.05, 3.63) is 41.1 Å². The highest BCUT2D eigenvalue weighted by Gasteiger charge is 2.22. The number of rotatable bonds is 5. The highest BCUT2D eigenvalue weighted by molar-refractivity contribution is 7.83. The normalized spacial score (nSPS) is 13.1. The van der Waals surface area contributed by atoms with Crippen molar-refractivity contribution >= 4 is 10.8 Å². The van der Waals surface area contributed by atoms with Gasteiger partial charge < -0.3 is 9.15 Å². The van der Waals surface area contributed by atoms with Crippen molar-refractivity contribution in [1.29, 1.82) is 0 Å². The number of benzene rings is 1. The number of methoxy groups -OCH3 is 1. The van der Waals surface area contributed by atoms with Crippen LogP contribution >= 0.6 is 0 Å². The molecule has 0 radical (unpaired) electrons. The molecule has 1 heterocycles. The van der Waals surface area contributed by atoms with Gasteiger partial charge in [0, 0.05) is 21.8 Å². The second kappa shape index (κ2) is 6.60. The molecule has 0 N–H and O–H groups in total. The second-order valence-electron chi connectivity index (χ2n) is 6.29. The van der Waals surface area contributed by atoms with Crippen molar-refractivity contribution in [2.75, 3.05) is 7.11 Å². The summed E-state index contributed by atoms with van der Waals surface area (Å²) >= 11 is 0. The van der Waals surface area contributed by atoms with E-state index >= 15 is 0 Å². The third kappa shape index (κ3) is 4.16. The predicted octanol–water partition coefficient (Wildman–Crippen LogP) is 3.13. The Morgan fingerprint density at radius 1 is 1.23 bits per heavy atom. The van der Waals surface area contributed by atoms with Gasteiger partial charge >= 0.3 is 0 Å². The van der Waals surface area contributed by atoms with Crippen molar-refractivity contribution in [2.24, 2.45) is 0 Å². The number of ether oxygens (including phenoxy) is 1. The highest BCUT2D eigenvalue weighted by Crippen LogP contribution is 2.23. The topological polar surface area (TPSA) is 65.2 Å². The van der Waals surface area contributed by atoms with Crippen molar-refractivity contribution in [2.45, 2.75) is 44.6 Å². The fourth-order valence-corrected chi connectivity index (χ4v) is 3.06. The molecule has 2 rings (SSSR count). The Morgan fingerprint density at radius 3 is 2.55 bits per heavy atom. The van der Waals surface area contributed by atoms with Crippen LogP contribution in [-0.2, 0) is 27.7 Å². The molecule has 0 unspecified atom stereocenters. The third-order valence-corrected chi connectivity index (χ3v) is 4.35. The molecule has 1 aromatic heterocycles. The van der Waals surface area contributed by atoms with E-state index in [4.69, 9.17) is 9.15 Å². The van der Waals surface area contributed by atoms with Crippen molar-refractivity contribution in [3.8, 4) is 5.75 Å². The fourth-order valence-electron chi connectivity index (χ4n) is 2.00.